The first-order chi connectivity index (χ1) is 16.9. The van der Waals surface area contributed by atoms with E-state index < -0.39 is 28.5 Å². The minimum Gasteiger partial charge on any atom is -0.497 e. The van der Waals surface area contributed by atoms with Gasteiger partial charge in [-0.3, -0.25) is 13.9 Å². The number of nitrogens with one attached hydrogen (secondary N) is 1. The van der Waals surface area contributed by atoms with Crippen molar-refractivity contribution in [2.45, 2.75) is 65.6 Å². The molecule has 0 aliphatic rings. The predicted octanol–water partition coefficient (Wildman–Crippen LogP) is 3.92. The van der Waals surface area contributed by atoms with Gasteiger partial charge in [0.25, 0.3) is 0 Å². The number of nitrogens with zero attached hydrogens (tertiary/aromatic N) is 2. The fourth-order valence-electron chi connectivity index (χ4n) is 3.77. The van der Waals surface area contributed by atoms with Gasteiger partial charge < -0.3 is 15.0 Å². The summed E-state index contributed by atoms with van der Waals surface area (Å²) in [4.78, 5) is 28.1. The van der Waals surface area contributed by atoms with Crippen molar-refractivity contribution in [1.29, 1.82) is 0 Å². The Balaban J connectivity index is 2.44. The molecule has 0 spiro atoms. The first kappa shape index (κ1) is 29.2. The second kappa shape index (κ2) is 12.8. The Kier molecular flexibility index (Phi) is 10.3. The average Bonchev–Trinajstić information content (AvgIpc) is 2.84. The van der Waals surface area contributed by atoms with Gasteiger partial charge in [0.1, 0.15) is 18.3 Å². The van der Waals surface area contributed by atoms with E-state index in [1.165, 1.54) is 4.90 Å². The van der Waals surface area contributed by atoms with Gasteiger partial charge in [0, 0.05) is 12.6 Å². The van der Waals surface area contributed by atoms with Gasteiger partial charge in [-0.05, 0) is 55.5 Å². The Labute approximate surface area is 215 Å². The Morgan fingerprint density at radius 1 is 1.00 bits per heavy atom. The van der Waals surface area contributed by atoms with Crippen LogP contribution in [-0.2, 0) is 26.2 Å². The molecular weight excluding hydrogens is 478 g/mol. The zero-order valence-corrected chi connectivity index (χ0v) is 23.1. The quantitative estimate of drug-likeness (QED) is 0.460. The highest BCUT2D eigenvalue weighted by molar-refractivity contribution is 7.92. The largest absolute Gasteiger partial charge is 0.497 e. The van der Waals surface area contributed by atoms with E-state index in [-0.39, 0.29) is 24.4 Å². The molecule has 0 fully saturated rings. The fourth-order valence-corrected chi connectivity index (χ4v) is 4.64. The Hall–Kier alpha value is -3.07. The standard InChI is InChI=1S/C27H39N3O5S/c1-8-20(4)28-27(32)21(5)29(17-22-13-15-23(35-6)16-14-22)26(31)18-30(36(7,33)34)25-12-10-9-11-24(25)19(2)3/h9-16,19-21H,8,17-18H2,1-7H3,(H,28,32)/t20-,21-/m1/s1. The molecule has 0 heterocycles. The van der Waals surface area contributed by atoms with Gasteiger partial charge in [-0.15, -0.1) is 0 Å². The highest BCUT2D eigenvalue weighted by Gasteiger charge is 2.31. The monoisotopic (exact) mass is 517 g/mol. The lowest BCUT2D eigenvalue weighted by molar-refractivity contribution is -0.139. The summed E-state index contributed by atoms with van der Waals surface area (Å²) in [6.45, 7) is 9.18. The Morgan fingerprint density at radius 2 is 1.61 bits per heavy atom. The molecule has 198 valence electrons. The summed E-state index contributed by atoms with van der Waals surface area (Å²) in [7, 11) is -2.21. The summed E-state index contributed by atoms with van der Waals surface area (Å²) in [6.07, 6.45) is 1.84. The molecule has 8 nitrogen and oxygen atoms in total. The third kappa shape index (κ3) is 7.71. The molecule has 2 aromatic carbocycles. The minimum absolute atomic E-state index is 0.0520. The van der Waals surface area contributed by atoms with Gasteiger partial charge in [-0.25, -0.2) is 8.42 Å². The van der Waals surface area contributed by atoms with Crippen LogP contribution in [0.3, 0.4) is 0 Å². The van der Waals surface area contributed by atoms with Gasteiger partial charge in [-0.1, -0.05) is 51.1 Å². The van der Waals surface area contributed by atoms with E-state index >= 15 is 0 Å². The number of para-hydroxylation sites is 1. The van der Waals surface area contributed by atoms with E-state index in [0.717, 1.165) is 28.1 Å². The van der Waals surface area contributed by atoms with Gasteiger partial charge in [0.2, 0.25) is 21.8 Å². The van der Waals surface area contributed by atoms with E-state index in [9.17, 15) is 18.0 Å². The Morgan fingerprint density at radius 3 is 2.14 bits per heavy atom. The minimum atomic E-state index is -3.78. The van der Waals surface area contributed by atoms with Crippen molar-refractivity contribution in [3.8, 4) is 5.75 Å². The molecule has 36 heavy (non-hydrogen) atoms. The molecule has 0 aliphatic heterocycles. The lowest BCUT2D eigenvalue weighted by Gasteiger charge is -2.32. The summed E-state index contributed by atoms with van der Waals surface area (Å²) in [5.41, 5.74) is 2.07. The number of methoxy groups -OCH3 is 1. The molecule has 0 aliphatic carbocycles. The summed E-state index contributed by atoms with van der Waals surface area (Å²) < 4.78 is 32.0. The third-order valence-corrected chi connectivity index (χ3v) is 7.31. The van der Waals surface area contributed by atoms with Crippen molar-refractivity contribution >= 4 is 27.5 Å². The van der Waals surface area contributed by atoms with Gasteiger partial charge in [0.05, 0.1) is 19.1 Å². The number of ether oxygens (including phenoxy) is 1. The van der Waals surface area contributed by atoms with E-state index in [1.807, 2.05) is 52.0 Å². The molecule has 0 aromatic heterocycles. The molecule has 0 bridgehead atoms. The van der Waals surface area contributed by atoms with Crippen LogP contribution in [0.25, 0.3) is 0 Å². The number of sulfonamides is 1. The maximum Gasteiger partial charge on any atom is 0.244 e. The van der Waals surface area contributed by atoms with Crippen molar-refractivity contribution in [1.82, 2.24) is 10.2 Å². The molecule has 2 aromatic rings. The molecule has 2 atom stereocenters. The van der Waals surface area contributed by atoms with Crippen LogP contribution in [0.2, 0.25) is 0 Å². The summed E-state index contributed by atoms with van der Waals surface area (Å²) >= 11 is 0. The van der Waals surface area contributed by atoms with Crippen LogP contribution >= 0.6 is 0 Å². The van der Waals surface area contributed by atoms with E-state index in [0.29, 0.717) is 11.4 Å². The van der Waals surface area contributed by atoms with Gasteiger partial charge >= 0.3 is 0 Å². The molecule has 0 unspecified atom stereocenters. The van der Waals surface area contributed by atoms with Crippen LogP contribution in [0.5, 0.6) is 5.75 Å². The van der Waals surface area contributed by atoms with Gasteiger partial charge in [0.15, 0.2) is 0 Å². The topological polar surface area (TPSA) is 96.0 Å². The summed E-state index contributed by atoms with van der Waals surface area (Å²) in [6, 6.07) is 13.5. The number of rotatable bonds is 12. The zero-order chi connectivity index (χ0) is 27.0. The van der Waals surface area contributed by atoms with Crippen LogP contribution in [0.15, 0.2) is 48.5 Å². The summed E-state index contributed by atoms with van der Waals surface area (Å²) in [5, 5.41) is 2.92. The molecule has 2 amide bonds. The smallest absolute Gasteiger partial charge is 0.244 e. The van der Waals surface area contributed by atoms with Crippen LogP contribution in [0.4, 0.5) is 5.69 Å². The van der Waals surface area contributed by atoms with Crippen LogP contribution in [-0.4, -0.2) is 57.1 Å². The van der Waals surface area contributed by atoms with E-state index in [4.69, 9.17) is 4.74 Å². The zero-order valence-electron chi connectivity index (χ0n) is 22.3. The number of carbonyl (C=O) groups excluding carboxylic acids is 2. The maximum atomic E-state index is 13.7. The van der Waals surface area contributed by atoms with Crippen LogP contribution < -0.4 is 14.4 Å². The first-order valence-corrected chi connectivity index (χ1v) is 14.0. The van der Waals surface area contributed by atoms with Crippen molar-refractivity contribution < 1.29 is 22.7 Å². The molecule has 0 saturated heterocycles. The molecular formula is C27H39N3O5S. The van der Waals surface area contributed by atoms with Crippen molar-refractivity contribution in [3.63, 3.8) is 0 Å². The molecule has 2 rings (SSSR count). The number of carbonyl (C=O) groups is 2. The second-order valence-electron chi connectivity index (χ2n) is 9.35. The third-order valence-electron chi connectivity index (χ3n) is 6.19. The maximum absolute atomic E-state index is 13.7. The molecule has 1 N–H and O–H groups in total. The lowest BCUT2D eigenvalue weighted by atomic mass is 10.0. The van der Waals surface area contributed by atoms with E-state index in [1.54, 1.807) is 38.3 Å². The highest BCUT2D eigenvalue weighted by Crippen LogP contribution is 2.29. The predicted molar refractivity (Wildman–Crippen MR) is 144 cm³/mol. The van der Waals surface area contributed by atoms with Crippen LogP contribution in [0, 0.1) is 0 Å². The lowest BCUT2D eigenvalue weighted by Crippen LogP contribution is -2.52. The normalized spacial score (nSPS) is 13.1. The first-order valence-electron chi connectivity index (χ1n) is 12.2. The van der Waals surface area contributed by atoms with Gasteiger partial charge in [-0.2, -0.15) is 0 Å². The number of hydrogen-bond acceptors (Lipinski definition) is 5. The highest BCUT2D eigenvalue weighted by atomic mass is 32.2. The summed E-state index contributed by atoms with van der Waals surface area (Å²) in [5.74, 6) is -0.0368. The number of hydrogen-bond donors (Lipinski definition) is 1. The van der Waals surface area contributed by atoms with E-state index in [2.05, 4.69) is 5.32 Å². The van der Waals surface area contributed by atoms with Crippen molar-refractivity contribution in [2.75, 3.05) is 24.2 Å². The Bertz CT molecular complexity index is 1130. The fraction of sp³-hybridized carbons (Fsp3) is 0.481. The molecule has 9 heteroatoms. The number of amides is 2. The van der Waals surface area contributed by atoms with Crippen molar-refractivity contribution in [2.24, 2.45) is 0 Å². The molecule has 0 radical (unpaired) electrons. The number of benzene rings is 2. The second-order valence-corrected chi connectivity index (χ2v) is 11.3. The molecule has 0 saturated carbocycles. The van der Waals surface area contributed by atoms with Crippen molar-refractivity contribution in [3.05, 3.63) is 59.7 Å². The van der Waals surface area contributed by atoms with Crippen LogP contribution in [0.1, 0.15) is 58.1 Å². The average molecular weight is 518 g/mol. The SMILES string of the molecule is CC[C@@H](C)NC(=O)[C@@H](C)N(Cc1ccc(OC)cc1)C(=O)CN(c1ccccc1C(C)C)S(C)(=O)=O. The number of anilines is 1.